The number of aryl methyl sites for hydroxylation is 1. The minimum Gasteiger partial charge on any atom is -0.206 e. The normalized spacial score (nSPS) is 10.9. The molecule has 3 aromatic rings. The molecule has 20 heavy (non-hydrogen) atoms. The van der Waals surface area contributed by atoms with E-state index in [1.807, 2.05) is 24.5 Å². The van der Waals surface area contributed by atoms with Gasteiger partial charge in [0.1, 0.15) is 5.82 Å². The molecule has 3 rings (SSSR count). The van der Waals surface area contributed by atoms with E-state index in [0.29, 0.717) is 5.56 Å². The Morgan fingerprint density at radius 1 is 0.900 bits per heavy atom. The summed E-state index contributed by atoms with van der Waals surface area (Å²) < 4.78 is 14.1. The monoisotopic (exact) mass is 282 g/mol. The second-order valence-corrected chi connectivity index (χ2v) is 5.68. The van der Waals surface area contributed by atoms with Crippen molar-refractivity contribution in [2.24, 2.45) is 0 Å². The Kier molecular flexibility index (Phi) is 3.49. The van der Waals surface area contributed by atoms with Crippen LogP contribution in [0.3, 0.4) is 0 Å². The van der Waals surface area contributed by atoms with Crippen LogP contribution >= 0.6 is 11.8 Å². The quantitative estimate of drug-likeness (QED) is 0.545. The molecule has 0 aliphatic carbocycles. The van der Waals surface area contributed by atoms with Crippen molar-refractivity contribution < 1.29 is 4.39 Å². The average Bonchev–Trinajstić information content (AvgIpc) is 2.47. The number of benzene rings is 3. The van der Waals surface area contributed by atoms with Gasteiger partial charge < -0.3 is 0 Å². The molecule has 0 saturated carbocycles. The first-order valence-corrected chi connectivity index (χ1v) is 7.75. The Morgan fingerprint density at radius 2 is 1.70 bits per heavy atom. The first-order valence-electron chi connectivity index (χ1n) is 6.53. The third-order valence-corrected chi connectivity index (χ3v) is 4.36. The molecule has 0 atom stereocenters. The van der Waals surface area contributed by atoms with Crippen molar-refractivity contribution >= 4 is 22.5 Å². The van der Waals surface area contributed by atoms with Gasteiger partial charge in [-0.25, -0.2) is 4.39 Å². The van der Waals surface area contributed by atoms with Crippen LogP contribution in [0.2, 0.25) is 0 Å². The van der Waals surface area contributed by atoms with E-state index in [0.717, 1.165) is 15.8 Å². The number of thioether (sulfide) groups is 1. The molecule has 0 nitrogen and oxygen atoms in total. The third kappa shape index (κ3) is 2.20. The zero-order chi connectivity index (χ0) is 14.1. The summed E-state index contributed by atoms with van der Waals surface area (Å²) in [5.41, 5.74) is 2.88. The number of halogens is 1. The van der Waals surface area contributed by atoms with Crippen LogP contribution in [0.25, 0.3) is 21.9 Å². The van der Waals surface area contributed by atoms with Crippen LogP contribution in [-0.4, -0.2) is 6.26 Å². The SMILES string of the molecule is CSc1cc2c(C)cccc2cc1-c1ccccc1F. The molecular formula is C18H15FS. The predicted octanol–water partition coefficient (Wildman–Crippen LogP) is 5.68. The summed E-state index contributed by atoms with van der Waals surface area (Å²) in [6, 6.07) is 17.4. The summed E-state index contributed by atoms with van der Waals surface area (Å²) in [5, 5.41) is 2.39. The Hall–Kier alpha value is -1.80. The van der Waals surface area contributed by atoms with Crippen molar-refractivity contribution in [3.63, 3.8) is 0 Å². The summed E-state index contributed by atoms with van der Waals surface area (Å²) in [5.74, 6) is -0.171. The highest BCUT2D eigenvalue weighted by atomic mass is 32.2. The lowest BCUT2D eigenvalue weighted by atomic mass is 9.98. The maximum absolute atomic E-state index is 14.1. The molecule has 0 aliphatic rings. The first-order chi connectivity index (χ1) is 9.70. The zero-order valence-electron chi connectivity index (χ0n) is 11.5. The van der Waals surface area contributed by atoms with Gasteiger partial charge in [-0.2, -0.15) is 0 Å². The highest BCUT2D eigenvalue weighted by molar-refractivity contribution is 7.98. The van der Waals surface area contributed by atoms with Crippen molar-refractivity contribution in [1.82, 2.24) is 0 Å². The summed E-state index contributed by atoms with van der Waals surface area (Å²) in [4.78, 5) is 1.11. The van der Waals surface area contributed by atoms with Gasteiger partial charge in [0, 0.05) is 10.5 Å². The van der Waals surface area contributed by atoms with Crippen LogP contribution < -0.4 is 0 Å². The van der Waals surface area contributed by atoms with Gasteiger partial charge in [-0.15, -0.1) is 11.8 Å². The molecule has 0 bridgehead atoms. The van der Waals surface area contributed by atoms with Gasteiger partial charge in [-0.05, 0) is 53.3 Å². The molecule has 0 N–H and O–H groups in total. The van der Waals surface area contributed by atoms with E-state index in [4.69, 9.17) is 0 Å². The second-order valence-electron chi connectivity index (χ2n) is 4.83. The molecule has 0 fully saturated rings. The molecule has 0 amide bonds. The van der Waals surface area contributed by atoms with Crippen LogP contribution in [0, 0.1) is 12.7 Å². The number of hydrogen-bond donors (Lipinski definition) is 0. The third-order valence-electron chi connectivity index (χ3n) is 3.58. The topological polar surface area (TPSA) is 0 Å². The van der Waals surface area contributed by atoms with Crippen molar-refractivity contribution in [2.45, 2.75) is 11.8 Å². The van der Waals surface area contributed by atoms with Crippen molar-refractivity contribution in [3.05, 3.63) is 66.0 Å². The molecule has 0 radical (unpaired) electrons. The van der Waals surface area contributed by atoms with Gasteiger partial charge in [0.25, 0.3) is 0 Å². The zero-order valence-corrected chi connectivity index (χ0v) is 12.3. The fourth-order valence-corrected chi connectivity index (χ4v) is 3.15. The van der Waals surface area contributed by atoms with Crippen LogP contribution in [0.1, 0.15) is 5.56 Å². The van der Waals surface area contributed by atoms with Gasteiger partial charge >= 0.3 is 0 Å². The van der Waals surface area contributed by atoms with E-state index in [1.165, 1.54) is 17.0 Å². The molecule has 0 aromatic heterocycles. The molecule has 2 heteroatoms. The Balaban J connectivity index is 2.33. The van der Waals surface area contributed by atoms with E-state index >= 15 is 0 Å². The summed E-state index contributed by atoms with van der Waals surface area (Å²) in [7, 11) is 0. The van der Waals surface area contributed by atoms with Gasteiger partial charge in [0.2, 0.25) is 0 Å². The van der Waals surface area contributed by atoms with Crippen molar-refractivity contribution in [1.29, 1.82) is 0 Å². The van der Waals surface area contributed by atoms with Crippen LogP contribution in [-0.2, 0) is 0 Å². The van der Waals surface area contributed by atoms with E-state index < -0.39 is 0 Å². The van der Waals surface area contributed by atoms with Crippen LogP contribution in [0.5, 0.6) is 0 Å². The molecule has 0 spiro atoms. The fraction of sp³-hybridized carbons (Fsp3) is 0.111. The molecule has 0 aliphatic heterocycles. The second kappa shape index (κ2) is 5.29. The smallest absolute Gasteiger partial charge is 0.131 e. The minimum absolute atomic E-state index is 0.171. The lowest BCUT2D eigenvalue weighted by Gasteiger charge is -2.12. The Morgan fingerprint density at radius 3 is 2.45 bits per heavy atom. The Bertz CT molecular complexity index is 777. The van der Waals surface area contributed by atoms with Crippen LogP contribution in [0.15, 0.2) is 59.5 Å². The average molecular weight is 282 g/mol. The minimum atomic E-state index is -0.171. The summed E-state index contributed by atoms with van der Waals surface area (Å²) >= 11 is 1.66. The maximum Gasteiger partial charge on any atom is 0.131 e. The Labute approximate surface area is 122 Å². The van der Waals surface area contributed by atoms with Gasteiger partial charge in [-0.3, -0.25) is 0 Å². The number of fused-ring (bicyclic) bond motifs is 1. The first kappa shape index (κ1) is 13.2. The standard InChI is InChI=1S/C18H15FS/c1-12-6-5-7-13-10-16(18(20-2)11-15(12)13)14-8-3-4-9-17(14)19/h3-11H,1-2H3. The van der Waals surface area contributed by atoms with E-state index in [1.54, 1.807) is 17.8 Å². The summed E-state index contributed by atoms with van der Waals surface area (Å²) in [6.07, 6.45) is 2.03. The lowest BCUT2D eigenvalue weighted by molar-refractivity contribution is 0.631. The molecule has 0 saturated heterocycles. The number of rotatable bonds is 2. The van der Waals surface area contributed by atoms with Crippen molar-refractivity contribution in [2.75, 3.05) is 6.26 Å². The largest absolute Gasteiger partial charge is 0.206 e. The van der Waals surface area contributed by atoms with Gasteiger partial charge in [0.15, 0.2) is 0 Å². The number of hydrogen-bond acceptors (Lipinski definition) is 1. The highest BCUT2D eigenvalue weighted by Crippen LogP contribution is 2.36. The van der Waals surface area contributed by atoms with Gasteiger partial charge in [0.05, 0.1) is 0 Å². The maximum atomic E-state index is 14.1. The molecular weight excluding hydrogens is 267 g/mol. The van der Waals surface area contributed by atoms with Crippen LogP contribution in [0.4, 0.5) is 4.39 Å². The van der Waals surface area contributed by atoms with E-state index in [-0.39, 0.29) is 5.82 Å². The van der Waals surface area contributed by atoms with Gasteiger partial charge in [-0.1, -0.05) is 36.4 Å². The molecule has 0 unspecified atom stereocenters. The molecule has 3 aromatic carbocycles. The molecule has 0 heterocycles. The lowest BCUT2D eigenvalue weighted by Crippen LogP contribution is -1.88. The van der Waals surface area contributed by atoms with E-state index in [2.05, 4.69) is 31.2 Å². The predicted molar refractivity (Wildman–Crippen MR) is 85.9 cm³/mol. The molecule has 100 valence electrons. The van der Waals surface area contributed by atoms with Crippen molar-refractivity contribution in [3.8, 4) is 11.1 Å². The van der Waals surface area contributed by atoms with E-state index in [9.17, 15) is 4.39 Å². The summed E-state index contributed by atoms with van der Waals surface area (Å²) in [6.45, 7) is 2.11. The highest BCUT2D eigenvalue weighted by Gasteiger charge is 2.11. The fourth-order valence-electron chi connectivity index (χ4n) is 2.52.